The minimum Gasteiger partial charge on any atom is -0.486 e. The van der Waals surface area contributed by atoms with E-state index in [1.165, 1.54) is 7.11 Å². The average molecular weight is 566 g/mol. The van der Waals surface area contributed by atoms with E-state index in [1.807, 2.05) is 52.0 Å². The Morgan fingerprint density at radius 3 is 2.54 bits per heavy atom. The van der Waals surface area contributed by atoms with Gasteiger partial charge in [-0.15, -0.1) is 0 Å². The predicted octanol–water partition coefficient (Wildman–Crippen LogP) is 7.27. The van der Waals surface area contributed by atoms with E-state index in [4.69, 9.17) is 14.2 Å². The number of aliphatic carboxylic acids is 1. The standard InChI is InChI=1S/C33H37F2NO5/c1-18-27(31(37)38)33(18)13-7-8-20-10-12-25(29(35)28(20)33)41-17-19-9-11-21(22-15-26(39-5)36-16-24(22)34)23(14-19)30(40-6)32(2,3)4/h9-12,14-16,18,27,30H,7-8,13,17H2,1-6H3,(H,37,38)/t18-,27-,30-,33+/m0/s1. The molecule has 2 aliphatic rings. The summed E-state index contributed by atoms with van der Waals surface area (Å²) in [6.07, 6.45) is 2.97. The van der Waals surface area contributed by atoms with E-state index in [-0.39, 0.29) is 29.8 Å². The summed E-state index contributed by atoms with van der Waals surface area (Å²) in [7, 11) is 3.10. The number of methoxy groups -OCH3 is 2. The summed E-state index contributed by atoms with van der Waals surface area (Å²) in [6.45, 7) is 8.08. The molecule has 3 aromatic rings. The van der Waals surface area contributed by atoms with Crippen molar-refractivity contribution in [3.05, 3.63) is 76.5 Å². The van der Waals surface area contributed by atoms with Gasteiger partial charge in [0.25, 0.3) is 0 Å². The molecule has 6 nitrogen and oxygen atoms in total. The molecule has 4 atom stereocenters. The molecule has 0 saturated heterocycles. The fourth-order valence-electron chi connectivity index (χ4n) is 6.96. The second kappa shape index (κ2) is 10.7. The molecule has 1 saturated carbocycles. The SMILES string of the molecule is COc1cc(-c2ccc(COc3ccc4c(c3F)[C@@]3(CCC4)[C@H](C(=O)O)[C@@H]3C)cc2[C@H](OC)C(C)(C)C)c(F)cn1. The van der Waals surface area contributed by atoms with Crippen LogP contribution >= 0.6 is 0 Å². The van der Waals surface area contributed by atoms with Crippen molar-refractivity contribution in [1.29, 1.82) is 0 Å². The van der Waals surface area contributed by atoms with Crippen LogP contribution in [0.4, 0.5) is 8.78 Å². The van der Waals surface area contributed by atoms with Crippen molar-refractivity contribution >= 4 is 5.97 Å². The number of carboxylic acid groups (broad SMARTS) is 1. The van der Waals surface area contributed by atoms with Gasteiger partial charge in [0.05, 0.1) is 25.3 Å². The normalized spacial score (nSPS) is 22.2. The van der Waals surface area contributed by atoms with E-state index in [2.05, 4.69) is 4.98 Å². The number of hydrogen-bond donors (Lipinski definition) is 1. The molecular formula is C33H37F2NO5. The van der Waals surface area contributed by atoms with Gasteiger partial charge in [-0.1, -0.05) is 45.9 Å². The van der Waals surface area contributed by atoms with Crippen LogP contribution in [0.1, 0.15) is 68.9 Å². The second-order valence-corrected chi connectivity index (χ2v) is 12.3. The van der Waals surface area contributed by atoms with Crippen LogP contribution in [0.15, 0.2) is 42.6 Å². The zero-order chi connectivity index (χ0) is 29.7. The van der Waals surface area contributed by atoms with Crippen LogP contribution in [0.3, 0.4) is 0 Å². The maximum absolute atomic E-state index is 16.0. The lowest BCUT2D eigenvalue weighted by atomic mass is 9.77. The van der Waals surface area contributed by atoms with Gasteiger partial charge in [0.1, 0.15) is 12.4 Å². The van der Waals surface area contributed by atoms with E-state index in [1.54, 1.807) is 19.2 Å². The summed E-state index contributed by atoms with van der Waals surface area (Å²) in [6, 6.07) is 10.6. The van der Waals surface area contributed by atoms with Crippen molar-refractivity contribution < 1.29 is 32.9 Å². The van der Waals surface area contributed by atoms with Gasteiger partial charge in [-0.2, -0.15) is 0 Å². The predicted molar refractivity (Wildman–Crippen MR) is 151 cm³/mol. The monoisotopic (exact) mass is 565 g/mol. The van der Waals surface area contributed by atoms with Crippen molar-refractivity contribution in [2.75, 3.05) is 14.2 Å². The minimum atomic E-state index is -0.876. The Morgan fingerprint density at radius 2 is 1.90 bits per heavy atom. The van der Waals surface area contributed by atoms with Crippen molar-refractivity contribution in [3.8, 4) is 22.8 Å². The summed E-state index contributed by atoms with van der Waals surface area (Å²) < 4.78 is 48.2. The summed E-state index contributed by atoms with van der Waals surface area (Å²) in [4.78, 5) is 15.9. The highest BCUT2D eigenvalue weighted by molar-refractivity contribution is 5.79. The molecule has 1 aromatic heterocycles. The summed E-state index contributed by atoms with van der Waals surface area (Å²) in [5.41, 5.74) is 2.86. The lowest BCUT2D eigenvalue weighted by molar-refractivity contribution is -0.139. The molecule has 8 heteroatoms. The van der Waals surface area contributed by atoms with Crippen LogP contribution in [0.2, 0.25) is 0 Å². The number of rotatable bonds is 8. The number of halogens is 2. The van der Waals surface area contributed by atoms with Crippen LogP contribution in [0.25, 0.3) is 11.1 Å². The molecule has 0 amide bonds. The third kappa shape index (κ3) is 4.96. The van der Waals surface area contributed by atoms with Crippen LogP contribution in [0.5, 0.6) is 11.6 Å². The van der Waals surface area contributed by atoms with Gasteiger partial charge in [0.2, 0.25) is 5.88 Å². The lowest BCUT2D eigenvalue weighted by Gasteiger charge is -2.32. The molecule has 5 rings (SSSR count). The maximum Gasteiger partial charge on any atom is 0.307 e. The topological polar surface area (TPSA) is 77.9 Å². The fraction of sp³-hybridized carbons (Fsp3) is 0.455. The third-order valence-electron chi connectivity index (χ3n) is 8.86. The lowest BCUT2D eigenvalue weighted by Crippen LogP contribution is -2.24. The number of carbonyl (C=O) groups is 1. The Labute approximate surface area is 239 Å². The molecule has 0 radical (unpaired) electrons. The Bertz CT molecular complexity index is 1480. The number of pyridine rings is 1. The molecule has 2 aliphatic carbocycles. The highest BCUT2D eigenvalue weighted by atomic mass is 19.1. The first-order valence-corrected chi connectivity index (χ1v) is 14.0. The second-order valence-electron chi connectivity index (χ2n) is 12.3. The Kier molecular flexibility index (Phi) is 7.57. The minimum absolute atomic E-state index is 0.0661. The van der Waals surface area contributed by atoms with Crippen LogP contribution < -0.4 is 9.47 Å². The van der Waals surface area contributed by atoms with Crippen LogP contribution in [0, 0.1) is 28.9 Å². The number of aryl methyl sites for hydroxylation is 1. The van der Waals surface area contributed by atoms with Gasteiger partial charge in [0, 0.05) is 29.7 Å². The fourth-order valence-corrected chi connectivity index (χ4v) is 6.96. The van der Waals surface area contributed by atoms with E-state index in [0.717, 1.165) is 35.7 Å². The molecule has 1 spiro atoms. The number of nitrogens with zero attached hydrogens (tertiary/aromatic N) is 1. The Hall–Kier alpha value is -3.52. The highest BCUT2D eigenvalue weighted by Gasteiger charge is 2.68. The van der Waals surface area contributed by atoms with Crippen molar-refractivity contribution in [2.24, 2.45) is 17.3 Å². The largest absolute Gasteiger partial charge is 0.486 e. The van der Waals surface area contributed by atoms with Crippen molar-refractivity contribution in [1.82, 2.24) is 4.98 Å². The Morgan fingerprint density at radius 1 is 1.15 bits per heavy atom. The summed E-state index contributed by atoms with van der Waals surface area (Å²) in [5, 5.41) is 9.78. The number of aromatic nitrogens is 1. The smallest absolute Gasteiger partial charge is 0.307 e. The molecule has 0 bridgehead atoms. The average Bonchev–Trinajstić information content (AvgIpc) is 3.51. The zero-order valence-electron chi connectivity index (χ0n) is 24.4. The van der Waals surface area contributed by atoms with Crippen LogP contribution in [-0.2, 0) is 28.0 Å². The first kappa shape index (κ1) is 29.0. The Balaban J connectivity index is 1.50. The number of ether oxygens (including phenoxy) is 3. The molecule has 1 N–H and O–H groups in total. The van der Waals surface area contributed by atoms with Crippen molar-refractivity contribution in [3.63, 3.8) is 0 Å². The van der Waals surface area contributed by atoms with Gasteiger partial charge in [0.15, 0.2) is 11.6 Å². The molecule has 41 heavy (non-hydrogen) atoms. The number of hydrogen-bond acceptors (Lipinski definition) is 5. The van der Waals surface area contributed by atoms with Gasteiger partial charge >= 0.3 is 5.97 Å². The van der Waals surface area contributed by atoms with Gasteiger partial charge in [-0.3, -0.25) is 4.79 Å². The van der Waals surface area contributed by atoms with E-state index in [0.29, 0.717) is 29.0 Å². The van der Waals surface area contributed by atoms with Gasteiger partial charge in [-0.05, 0) is 65.0 Å². The van der Waals surface area contributed by atoms with Gasteiger partial charge < -0.3 is 19.3 Å². The molecule has 1 fully saturated rings. The molecule has 2 aromatic carbocycles. The first-order chi connectivity index (χ1) is 19.4. The summed E-state index contributed by atoms with van der Waals surface area (Å²) >= 11 is 0. The number of fused-ring (bicyclic) bond motifs is 2. The molecular weight excluding hydrogens is 528 g/mol. The third-order valence-corrected chi connectivity index (χ3v) is 8.86. The maximum atomic E-state index is 16.0. The zero-order valence-corrected chi connectivity index (χ0v) is 24.4. The first-order valence-electron chi connectivity index (χ1n) is 14.0. The summed E-state index contributed by atoms with van der Waals surface area (Å²) in [5.74, 6) is -2.16. The number of carboxylic acids is 1. The van der Waals surface area contributed by atoms with E-state index >= 15 is 4.39 Å². The molecule has 218 valence electrons. The number of benzene rings is 2. The quantitative estimate of drug-likeness (QED) is 0.310. The van der Waals surface area contributed by atoms with Gasteiger partial charge in [-0.25, -0.2) is 13.8 Å². The van der Waals surface area contributed by atoms with E-state index in [9.17, 15) is 14.3 Å². The van der Waals surface area contributed by atoms with Crippen molar-refractivity contribution in [2.45, 2.75) is 65.1 Å². The molecule has 0 unspecified atom stereocenters. The highest BCUT2D eigenvalue weighted by Crippen LogP contribution is 2.66. The molecule has 1 heterocycles. The molecule has 0 aliphatic heterocycles. The van der Waals surface area contributed by atoms with Crippen LogP contribution in [-0.4, -0.2) is 30.3 Å². The van der Waals surface area contributed by atoms with E-state index < -0.39 is 28.9 Å².